The standard InChI is InChI=1S/C15H10N6O3/c22-21(23)11-7-5-10(6-8-11)15-16-14(24-18-15)9-20-13-4-2-1-3-12(13)17-19-20/h1-8H,9H2. The van der Waals surface area contributed by atoms with Gasteiger partial charge in [0.2, 0.25) is 11.7 Å². The van der Waals surface area contributed by atoms with E-state index in [1.165, 1.54) is 12.1 Å². The molecule has 0 N–H and O–H groups in total. The van der Waals surface area contributed by atoms with Crippen LogP contribution in [-0.4, -0.2) is 30.1 Å². The van der Waals surface area contributed by atoms with E-state index in [2.05, 4.69) is 20.5 Å². The number of non-ortho nitro benzene ring substituents is 1. The summed E-state index contributed by atoms with van der Waals surface area (Å²) in [4.78, 5) is 14.5. The van der Waals surface area contributed by atoms with Gasteiger partial charge in [0.15, 0.2) is 0 Å². The number of rotatable bonds is 4. The molecule has 0 bridgehead atoms. The van der Waals surface area contributed by atoms with Crippen LogP contribution < -0.4 is 0 Å². The van der Waals surface area contributed by atoms with Gasteiger partial charge < -0.3 is 4.52 Å². The number of hydrogen-bond donors (Lipinski definition) is 0. The second-order valence-electron chi connectivity index (χ2n) is 5.05. The Bertz CT molecular complexity index is 1020. The van der Waals surface area contributed by atoms with E-state index in [1.54, 1.807) is 16.8 Å². The first-order chi connectivity index (χ1) is 11.7. The first-order valence-electron chi connectivity index (χ1n) is 7.06. The first kappa shape index (κ1) is 14.0. The summed E-state index contributed by atoms with van der Waals surface area (Å²) in [6.45, 7) is 0.292. The molecule has 9 nitrogen and oxygen atoms in total. The lowest BCUT2D eigenvalue weighted by Gasteiger charge is -1.96. The van der Waals surface area contributed by atoms with Crippen molar-refractivity contribution >= 4 is 16.7 Å². The highest BCUT2D eigenvalue weighted by Crippen LogP contribution is 2.20. The molecule has 0 saturated carbocycles. The Balaban J connectivity index is 1.59. The van der Waals surface area contributed by atoms with Crippen molar-refractivity contribution in [1.82, 2.24) is 25.1 Å². The van der Waals surface area contributed by atoms with Crippen molar-refractivity contribution in [1.29, 1.82) is 0 Å². The highest BCUT2D eigenvalue weighted by Gasteiger charge is 2.13. The Morgan fingerprint density at radius 3 is 2.71 bits per heavy atom. The largest absolute Gasteiger partial charge is 0.337 e. The van der Waals surface area contributed by atoms with E-state index in [0.717, 1.165) is 11.0 Å². The predicted octanol–water partition coefficient (Wildman–Crippen LogP) is 2.44. The second-order valence-corrected chi connectivity index (χ2v) is 5.05. The van der Waals surface area contributed by atoms with Crippen LogP contribution in [0.2, 0.25) is 0 Å². The van der Waals surface area contributed by atoms with Gasteiger partial charge in [0.05, 0.1) is 10.4 Å². The molecule has 2 aromatic heterocycles. The predicted molar refractivity (Wildman–Crippen MR) is 83.0 cm³/mol. The molecule has 0 atom stereocenters. The number of aromatic nitrogens is 5. The van der Waals surface area contributed by atoms with Gasteiger partial charge in [-0.05, 0) is 24.3 Å². The van der Waals surface area contributed by atoms with Crippen molar-refractivity contribution in [2.45, 2.75) is 6.54 Å². The molecule has 0 amide bonds. The third-order valence-corrected chi connectivity index (χ3v) is 3.51. The SMILES string of the molecule is O=[N+]([O-])c1ccc(-c2noc(Cn3nnc4ccccc43)n2)cc1. The summed E-state index contributed by atoms with van der Waals surface area (Å²) >= 11 is 0. The van der Waals surface area contributed by atoms with Gasteiger partial charge in [0.25, 0.3) is 5.69 Å². The van der Waals surface area contributed by atoms with Crippen molar-refractivity contribution < 1.29 is 9.45 Å². The fraction of sp³-hybridized carbons (Fsp3) is 0.0667. The molecule has 0 unspecified atom stereocenters. The lowest BCUT2D eigenvalue weighted by Crippen LogP contribution is -2.02. The van der Waals surface area contributed by atoms with Gasteiger partial charge in [-0.3, -0.25) is 10.1 Å². The Morgan fingerprint density at radius 2 is 1.92 bits per heavy atom. The van der Waals surface area contributed by atoms with Gasteiger partial charge >= 0.3 is 0 Å². The van der Waals surface area contributed by atoms with Crippen LogP contribution in [0, 0.1) is 10.1 Å². The maximum Gasteiger partial charge on any atom is 0.269 e. The zero-order valence-electron chi connectivity index (χ0n) is 12.2. The Labute approximate surface area is 134 Å². The van der Waals surface area contributed by atoms with E-state index >= 15 is 0 Å². The van der Waals surface area contributed by atoms with Crippen molar-refractivity contribution in [2.24, 2.45) is 0 Å². The van der Waals surface area contributed by atoms with Crippen LogP contribution in [0.4, 0.5) is 5.69 Å². The quantitative estimate of drug-likeness (QED) is 0.419. The molecule has 24 heavy (non-hydrogen) atoms. The molecule has 118 valence electrons. The number of para-hydroxylation sites is 1. The van der Waals surface area contributed by atoms with E-state index in [4.69, 9.17) is 4.52 Å². The van der Waals surface area contributed by atoms with Crippen LogP contribution in [0.5, 0.6) is 0 Å². The first-order valence-corrected chi connectivity index (χ1v) is 7.06. The molecule has 2 heterocycles. The van der Waals surface area contributed by atoms with E-state index in [0.29, 0.717) is 23.8 Å². The fourth-order valence-electron chi connectivity index (χ4n) is 2.33. The minimum Gasteiger partial charge on any atom is -0.337 e. The summed E-state index contributed by atoms with van der Waals surface area (Å²) in [6, 6.07) is 13.5. The molecule has 0 aliphatic carbocycles. The van der Waals surface area contributed by atoms with Gasteiger partial charge in [0.1, 0.15) is 12.1 Å². The number of hydrogen-bond acceptors (Lipinski definition) is 7. The minimum atomic E-state index is -0.457. The highest BCUT2D eigenvalue weighted by atomic mass is 16.6. The molecule has 4 aromatic rings. The zero-order valence-corrected chi connectivity index (χ0v) is 12.2. The average molecular weight is 322 g/mol. The van der Waals surface area contributed by atoms with Crippen LogP contribution in [-0.2, 0) is 6.54 Å². The van der Waals surface area contributed by atoms with Crippen LogP contribution in [0.1, 0.15) is 5.89 Å². The van der Waals surface area contributed by atoms with Gasteiger partial charge in [-0.1, -0.05) is 22.5 Å². The third kappa shape index (κ3) is 2.47. The number of benzene rings is 2. The molecule has 0 fully saturated rings. The molecule has 4 rings (SSSR count). The molecule has 9 heteroatoms. The number of nitro benzene ring substituents is 1. The molecule has 0 aliphatic rings. The topological polar surface area (TPSA) is 113 Å². The minimum absolute atomic E-state index is 0.0107. The summed E-state index contributed by atoms with van der Waals surface area (Å²) in [5.74, 6) is 0.739. The lowest BCUT2D eigenvalue weighted by molar-refractivity contribution is -0.384. The highest BCUT2D eigenvalue weighted by molar-refractivity contribution is 5.73. The smallest absolute Gasteiger partial charge is 0.269 e. The van der Waals surface area contributed by atoms with Crippen molar-refractivity contribution in [3.63, 3.8) is 0 Å². The summed E-state index contributed by atoms with van der Waals surface area (Å²) < 4.78 is 6.90. The second kappa shape index (κ2) is 5.54. The van der Waals surface area contributed by atoms with Crippen molar-refractivity contribution in [3.05, 3.63) is 64.5 Å². The normalized spacial score (nSPS) is 11.0. The Morgan fingerprint density at radius 1 is 1.12 bits per heavy atom. The molecule has 0 aliphatic heterocycles. The van der Waals surface area contributed by atoms with E-state index in [1.807, 2.05) is 24.3 Å². The molecule has 2 aromatic carbocycles. The van der Waals surface area contributed by atoms with Crippen molar-refractivity contribution in [3.8, 4) is 11.4 Å². The number of nitrogens with zero attached hydrogens (tertiary/aromatic N) is 6. The maximum atomic E-state index is 10.7. The van der Waals surface area contributed by atoms with Gasteiger partial charge in [0, 0.05) is 17.7 Å². The van der Waals surface area contributed by atoms with E-state index in [-0.39, 0.29) is 5.69 Å². The van der Waals surface area contributed by atoms with Crippen LogP contribution >= 0.6 is 0 Å². The monoisotopic (exact) mass is 322 g/mol. The van der Waals surface area contributed by atoms with E-state index in [9.17, 15) is 10.1 Å². The van der Waals surface area contributed by atoms with Crippen LogP contribution in [0.15, 0.2) is 53.1 Å². The fourth-order valence-corrected chi connectivity index (χ4v) is 2.33. The van der Waals surface area contributed by atoms with Crippen LogP contribution in [0.3, 0.4) is 0 Å². The van der Waals surface area contributed by atoms with Gasteiger partial charge in [-0.15, -0.1) is 5.10 Å². The number of fused-ring (bicyclic) bond motifs is 1. The third-order valence-electron chi connectivity index (χ3n) is 3.51. The summed E-state index contributed by atoms with van der Waals surface area (Å²) in [5, 5.41) is 22.7. The maximum absolute atomic E-state index is 10.7. The molecular weight excluding hydrogens is 312 g/mol. The molecular formula is C15H10N6O3. The van der Waals surface area contributed by atoms with Gasteiger partial charge in [-0.2, -0.15) is 4.98 Å². The number of nitro groups is 1. The van der Waals surface area contributed by atoms with Gasteiger partial charge in [-0.25, -0.2) is 4.68 Å². The molecule has 0 saturated heterocycles. The summed E-state index contributed by atoms with van der Waals surface area (Å²) in [6.07, 6.45) is 0. The van der Waals surface area contributed by atoms with Crippen molar-refractivity contribution in [2.75, 3.05) is 0 Å². The molecule has 0 spiro atoms. The lowest BCUT2D eigenvalue weighted by atomic mass is 10.2. The Kier molecular flexibility index (Phi) is 3.23. The average Bonchev–Trinajstić information content (AvgIpc) is 3.23. The summed E-state index contributed by atoms with van der Waals surface area (Å²) in [5.41, 5.74) is 2.30. The Hall–Kier alpha value is -3.62. The van der Waals surface area contributed by atoms with Crippen LogP contribution in [0.25, 0.3) is 22.4 Å². The summed E-state index contributed by atoms with van der Waals surface area (Å²) in [7, 11) is 0. The van der Waals surface area contributed by atoms with E-state index < -0.39 is 4.92 Å². The zero-order chi connectivity index (χ0) is 16.5. The molecule has 0 radical (unpaired) electrons.